The van der Waals surface area contributed by atoms with Gasteiger partial charge in [-0.25, -0.2) is 0 Å². The molecule has 1 fully saturated rings. The Morgan fingerprint density at radius 2 is 2.04 bits per heavy atom. The van der Waals surface area contributed by atoms with Crippen molar-refractivity contribution in [3.8, 4) is 11.5 Å². The van der Waals surface area contributed by atoms with Gasteiger partial charge >= 0.3 is 0 Å². The number of nitrogens with zero attached hydrogens (tertiary/aromatic N) is 1. The molecule has 1 aliphatic rings. The van der Waals surface area contributed by atoms with Gasteiger partial charge in [0.05, 0.1) is 25.2 Å². The molecule has 1 aromatic carbocycles. The lowest BCUT2D eigenvalue weighted by Gasteiger charge is -2.15. The minimum atomic E-state index is -0.0622. The van der Waals surface area contributed by atoms with E-state index in [-0.39, 0.29) is 17.1 Å². The van der Waals surface area contributed by atoms with E-state index in [0.717, 1.165) is 25.7 Å². The Bertz CT molecular complexity index is 696. The molecule has 0 bridgehead atoms. The molecule has 1 aromatic rings. The lowest BCUT2D eigenvalue weighted by molar-refractivity contribution is -0.126. The highest BCUT2D eigenvalue weighted by atomic mass is 32.2. The molecule has 1 heterocycles. The Kier molecular flexibility index (Phi) is 8.37. The Balaban J connectivity index is 1.71. The van der Waals surface area contributed by atoms with Gasteiger partial charge in [-0.1, -0.05) is 37.3 Å². The summed E-state index contributed by atoms with van der Waals surface area (Å²) in [5.74, 6) is 1.29. The highest BCUT2D eigenvalue weighted by Crippen LogP contribution is 2.30. The zero-order valence-electron chi connectivity index (χ0n) is 15.9. The van der Waals surface area contributed by atoms with E-state index in [4.69, 9.17) is 21.7 Å². The Morgan fingerprint density at radius 1 is 1.26 bits per heavy atom. The number of carbonyl (C=O) groups excluding carboxylic acids is 2. The number of ether oxygens (including phenoxy) is 2. The third-order valence-electron chi connectivity index (χ3n) is 4.34. The summed E-state index contributed by atoms with van der Waals surface area (Å²) >= 11 is 6.76. The number of benzene rings is 1. The van der Waals surface area contributed by atoms with Crippen LogP contribution in [0.15, 0.2) is 18.2 Å². The maximum absolute atomic E-state index is 12.2. The summed E-state index contributed by atoms with van der Waals surface area (Å²) in [7, 11) is 3.13. The number of unbranched alkanes of at least 4 members (excludes halogenated alkanes) is 2. The molecule has 1 saturated heterocycles. The first-order valence-corrected chi connectivity index (χ1v) is 10.3. The van der Waals surface area contributed by atoms with Crippen molar-refractivity contribution >= 4 is 45.8 Å². The number of hydrogen-bond acceptors (Lipinski definition) is 6. The van der Waals surface area contributed by atoms with E-state index in [2.05, 4.69) is 5.32 Å². The van der Waals surface area contributed by atoms with Crippen LogP contribution in [0.2, 0.25) is 0 Å². The summed E-state index contributed by atoms with van der Waals surface area (Å²) in [5.41, 5.74) is 0.624. The van der Waals surface area contributed by atoms with Crippen LogP contribution in [0.25, 0.3) is 0 Å². The summed E-state index contributed by atoms with van der Waals surface area (Å²) in [4.78, 5) is 26.0. The van der Waals surface area contributed by atoms with Crippen LogP contribution in [0.4, 0.5) is 5.69 Å². The zero-order chi connectivity index (χ0) is 19.8. The molecular formula is C19H26N2O4S2. The van der Waals surface area contributed by atoms with Gasteiger partial charge in [0.1, 0.15) is 15.8 Å². The van der Waals surface area contributed by atoms with Crippen molar-refractivity contribution < 1.29 is 19.1 Å². The van der Waals surface area contributed by atoms with Gasteiger partial charge in [0.15, 0.2) is 0 Å². The highest BCUT2D eigenvalue weighted by Gasteiger charge is 2.34. The zero-order valence-corrected chi connectivity index (χ0v) is 17.6. The Morgan fingerprint density at radius 3 is 2.67 bits per heavy atom. The van der Waals surface area contributed by atoms with Crippen molar-refractivity contribution in [1.82, 2.24) is 4.90 Å². The predicted octanol–water partition coefficient (Wildman–Crippen LogP) is 3.84. The van der Waals surface area contributed by atoms with E-state index < -0.39 is 0 Å². The first-order chi connectivity index (χ1) is 13.0. The van der Waals surface area contributed by atoms with E-state index in [9.17, 15) is 9.59 Å². The fraction of sp³-hybridized carbons (Fsp3) is 0.526. The number of nitrogens with one attached hydrogen (secondary N) is 1. The van der Waals surface area contributed by atoms with Gasteiger partial charge in [-0.2, -0.15) is 0 Å². The average molecular weight is 411 g/mol. The van der Waals surface area contributed by atoms with Gasteiger partial charge in [0.2, 0.25) is 11.8 Å². The summed E-state index contributed by atoms with van der Waals surface area (Å²) in [6.07, 6.45) is 3.67. The number of thioether (sulfide) groups is 1. The van der Waals surface area contributed by atoms with Gasteiger partial charge in [-0.15, -0.1) is 0 Å². The molecule has 1 N–H and O–H groups in total. The van der Waals surface area contributed by atoms with Crippen molar-refractivity contribution in [3.05, 3.63) is 18.2 Å². The van der Waals surface area contributed by atoms with Crippen molar-refractivity contribution in [2.45, 2.75) is 44.3 Å². The fourth-order valence-corrected chi connectivity index (χ4v) is 4.28. The topological polar surface area (TPSA) is 67.9 Å². The number of amides is 2. The van der Waals surface area contributed by atoms with Crippen LogP contribution in [0.3, 0.4) is 0 Å². The quantitative estimate of drug-likeness (QED) is 0.467. The number of thiocarbonyl (C=S) groups is 1. The van der Waals surface area contributed by atoms with E-state index in [0.29, 0.717) is 34.5 Å². The summed E-state index contributed by atoms with van der Waals surface area (Å²) in [6.45, 7) is 2.63. The van der Waals surface area contributed by atoms with Crippen LogP contribution < -0.4 is 14.8 Å². The second kappa shape index (κ2) is 10.5. The Labute approximate surface area is 170 Å². The van der Waals surface area contributed by atoms with Crippen LogP contribution in [-0.2, 0) is 9.59 Å². The molecule has 0 aliphatic carbocycles. The molecule has 148 valence electrons. The molecule has 1 atom stereocenters. The van der Waals surface area contributed by atoms with Gasteiger partial charge < -0.3 is 14.8 Å². The molecule has 2 rings (SSSR count). The smallest absolute Gasteiger partial charge is 0.241 e. The van der Waals surface area contributed by atoms with Crippen LogP contribution in [0.5, 0.6) is 11.5 Å². The minimum absolute atomic E-state index is 0.0252. The number of anilines is 1. The van der Waals surface area contributed by atoms with Crippen LogP contribution >= 0.6 is 24.0 Å². The van der Waals surface area contributed by atoms with Crippen LogP contribution in [0.1, 0.15) is 39.0 Å². The van der Waals surface area contributed by atoms with Crippen molar-refractivity contribution in [3.63, 3.8) is 0 Å². The molecule has 8 heteroatoms. The lowest BCUT2D eigenvalue weighted by atomic mass is 10.1. The van der Waals surface area contributed by atoms with E-state index in [1.54, 1.807) is 37.3 Å². The number of carbonyl (C=O) groups is 2. The minimum Gasteiger partial charge on any atom is -0.497 e. The third kappa shape index (κ3) is 5.84. The molecule has 0 spiro atoms. The molecule has 2 amide bonds. The molecule has 0 aromatic heterocycles. The lowest BCUT2D eigenvalue weighted by Crippen LogP contribution is -2.32. The largest absolute Gasteiger partial charge is 0.497 e. The second-order valence-corrected chi connectivity index (χ2v) is 8.03. The maximum Gasteiger partial charge on any atom is 0.241 e. The Hall–Kier alpha value is -1.80. The van der Waals surface area contributed by atoms with Crippen molar-refractivity contribution in [2.75, 3.05) is 26.1 Å². The summed E-state index contributed by atoms with van der Waals surface area (Å²) in [6, 6.07) is 5.26. The van der Waals surface area contributed by atoms with Crippen LogP contribution in [-0.4, -0.2) is 47.0 Å². The first kappa shape index (κ1) is 21.5. The van der Waals surface area contributed by atoms with E-state index in [1.807, 2.05) is 6.92 Å². The number of hydrogen-bond donors (Lipinski definition) is 1. The molecular weight excluding hydrogens is 384 g/mol. The van der Waals surface area contributed by atoms with E-state index in [1.165, 1.54) is 11.8 Å². The third-order valence-corrected chi connectivity index (χ3v) is 6.09. The standard InChI is InChI=1S/C19H26N2O4S2/c1-4-16-18(23)21(19(26)27-16)11-7-5-6-8-17(22)20-14-10-9-13(24-2)12-15(14)25-3/h9-10,12,16H,4-8,11H2,1-3H3,(H,20,22). The van der Waals surface area contributed by atoms with Crippen LogP contribution in [0, 0.1) is 0 Å². The predicted molar refractivity (Wildman–Crippen MR) is 113 cm³/mol. The number of rotatable bonds is 10. The molecule has 1 unspecified atom stereocenters. The van der Waals surface area contributed by atoms with Gasteiger partial charge in [-0.05, 0) is 31.4 Å². The molecule has 0 radical (unpaired) electrons. The molecule has 27 heavy (non-hydrogen) atoms. The molecule has 0 saturated carbocycles. The van der Waals surface area contributed by atoms with Gasteiger partial charge in [0, 0.05) is 19.0 Å². The number of methoxy groups -OCH3 is 2. The molecule has 6 nitrogen and oxygen atoms in total. The van der Waals surface area contributed by atoms with Gasteiger partial charge in [-0.3, -0.25) is 14.5 Å². The SMILES string of the molecule is CCC1SC(=S)N(CCCCCC(=O)Nc2ccc(OC)cc2OC)C1=O. The fourth-order valence-electron chi connectivity index (χ4n) is 2.81. The van der Waals surface area contributed by atoms with Gasteiger partial charge in [0.25, 0.3) is 0 Å². The first-order valence-electron chi connectivity index (χ1n) is 9.04. The summed E-state index contributed by atoms with van der Waals surface area (Å²) in [5, 5.41) is 2.84. The van der Waals surface area contributed by atoms with E-state index >= 15 is 0 Å². The highest BCUT2D eigenvalue weighted by molar-refractivity contribution is 8.24. The average Bonchev–Trinajstić information content (AvgIpc) is 2.95. The maximum atomic E-state index is 12.2. The monoisotopic (exact) mass is 410 g/mol. The summed E-state index contributed by atoms with van der Waals surface area (Å²) < 4.78 is 11.1. The normalized spacial score (nSPS) is 16.6. The van der Waals surface area contributed by atoms with Crippen molar-refractivity contribution in [2.24, 2.45) is 0 Å². The molecule has 1 aliphatic heterocycles. The van der Waals surface area contributed by atoms with Crippen molar-refractivity contribution in [1.29, 1.82) is 0 Å². The second-order valence-electron chi connectivity index (χ2n) is 6.20.